The van der Waals surface area contributed by atoms with Crippen molar-refractivity contribution >= 4 is 30.9 Å². The average molecular weight is 349 g/mol. The van der Waals surface area contributed by atoms with Crippen molar-refractivity contribution < 1.29 is 28.2 Å². The van der Waals surface area contributed by atoms with E-state index < -0.39 is 30.9 Å². The van der Waals surface area contributed by atoms with Crippen molar-refractivity contribution in [1.29, 1.82) is 0 Å². The molecular formula is C14H18ClO6P. The van der Waals surface area contributed by atoms with Gasteiger partial charge in [0, 0.05) is 17.1 Å². The van der Waals surface area contributed by atoms with Crippen molar-refractivity contribution in [3.63, 3.8) is 0 Å². The van der Waals surface area contributed by atoms with Crippen molar-refractivity contribution in [3.05, 3.63) is 21.8 Å². The van der Waals surface area contributed by atoms with E-state index in [1.54, 1.807) is 13.8 Å². The van der Waals surface area contributed by atoms with E-state index in [1.165, 1.54) is 14.2 Å². The molecule has 0 radical (unpaired) electrons. The first-order valence-electron chi connectivity index (χ1n) is 6.82. The molecule has 2 aliphatic heterocycles. The number of halogens is 1. The molecule has 3 rings (SSSR count). The molecule has 0 spiro atoms. The standard InChI is InChI=1S/C14H18ClO6P/c1-5-21-22(18)6-8-9(13(16)19-3)10(14(17)20-4)12(22)7(2)11(8)15/h8,12H,5-6H2,1-4H3/t8-,12-,22?/m0/s1. The Kier molecular flexibility index (Phi) is 4.85. The fourth-order valence-corrected chi connectivity index (χ4v) is 6.77. The van der Waals surface area contributed by atoms with Crippen LogP contribution in [-0.2, 0) is 28.2 Å². The number of rotatable bonds is 4. The summed E-state index contributed by atoms with van der Waals surface area (Å²) in [5, 5.41) is 0.421. The number of hydrogen-bond donors (Lipinski definition) is 0. The molecule has 0 aromatic heterocycles. The predicted molar refractivity (Wildman–Crippen MR) is 81.0 cm³/mol. The highest BCUT2D eigenvalue weighted by Gasteiger charge is 2.56. The number of hydrogen-bond acceptors (Lipinski definition) is 6. The van der Waals surface area contributed by atoms with Gasteiger partial charge in [-0.2, -0.15) is 0 Å². The Labute approximate surface area is 133 Å². The minimum Gasteiger partial charge on any atom is -0.466 e. The van der Waals surface area contributed by atoms with E-state index in [2.05, 4.69) is 0 Å². The summed E-state index contributed by atoms with van der Waals surface area (Å²) in [5.41, 5.74) is -0.0975. The van der Waals surface area contributed by atoms with E-state index in [0.717, 1.165) is 0 Å². The van der Waals surface area contributed by atoms with Gasteiger partial charge in [-0.25, -0.2) is 9.59 Å². The zero-order valence-electron chi connectivity index (χ0n) is 12.8. The summed E-state index contributed by atoms with van der Waals surface area (Å²) in [6.45, 7) is 3.67. The van der Waals surface area contributed by atoms with Gasteiger partial charge in [0.2, 0.25) is 7.37 Å². The first-order chi connectivity index (χ1) is 10.3. The first-order valence-corrected chi connectivity index (χ1v) is 9.08. The maximum atomic E-state index is 13.2. The summed E-state index contributed by atoms with van der Waals surface area (Å²) in [6, 6.07) is 0. The summed E-state index contributed by atoms with van der Waals surface area (Å²) in [4.78, 5) is 24.3. The van der Waals surface area contributed by atoms with Crippen LogP contribution >= 0.6 is 19.0 Å². The average Bonchev–Trinajstić information content (AvgIpc) is 2.49. The van der Waals surface area contributed by atoms with Gasteiger partial charge in [0.15, 0.2) is 0 Å². The molecule has 0 amide bonds. The Hall–Kier alpha value is -1.10. The Morgan fingerprint density at radius 1 is 1.23 bits per heavy atom. The molecule has 3 atom stereocenters. The van der Waals surface area contributed by atoms with Crippen molar-refractivity contribution in [2.24, 2.45) is 5.92 Å². The van der Waals surface area contributed by atoms with Gasteiger partial charge < -0.3 is 14.0 Å². The summed E-state index contributed by atoms with van der Waals surface area (Å²) >= 11 is 6.31. The number of methoxy groups -OCH3 is 2. The van der Waals surface area contributed by atoms with Crippen LogP contribution in [0.4, 0.5) is 0 Å². The fraction of sp³-hybridized carbons (Fsp3) is 0.571. The molecule has 6 nitrogen and oxygen atoms in total. The molecule has 2 heterocycles. The van der Waals surface area contributed by atoms with Crippen LogP contribution in [0.3, 0.4) is 0 Å². The lowest BCUT2D eigenvalue weighted by Gasteiger charge is -2.43. The zero-order valence-corrected chi connectivity index (χ0v) is 14.5. The highest BCUT2D eigenvalue weighted by atomic mass is 35.5. The van der Waals surface area contributed by atoms with Crippen LogP contribution in [0.15, 0.2) is 21.8 Å². The van der Waals surface area contributed by atoms with Gasteiger partial charge in [-0.1, -0.05) is 11.6 Å². The maximum absolute atomic E-state index is 13.2. The predicted octanol–water partition coefficient (Wildman–Crippen LogP) is 2.47. The number of carbonyl (C=O) groups excluding carboxylic acids is 2. The van der Waals surface area contributed by atoms with Crippen LogP contribution in [0.1, 0.15) is 13.8 Å². The van der Waals surface area contributed by atoms with E-state index in [0.29, 0.717) is 10.6 Å². The van der Waals surface area contributed by atoms with E-state index in [4.69, 9.17) is 25.6 Å². The van der Waals surface area contributed by atoms with E-state index in [1.807, 2.05) is 0 Å². The minimum atomic E-state index is -3.19. The smallest absolute Gasteiger partial charge is 0.335 e. The Balaban J connectivity index is 2.71. The van der Waals surface area contributed by atoms with Crippen molar-refractivity contribution in [2.45, 2.75) is 19.5 Å². The molecule has 122 valence electrons. The number of ether oxygens (including phenoxy) is 2. The van der Waals surface area contributed by atoms with Crippen LogP contribution < -0.4 is 0 Å². The molecule has 0 saturated carbocycles. The van der Waals surface area contributed by atoms with E-state index in [9.17, 15) is 14.2 Å². The van der Waals surface area contributed by atoms with Crippen LogP contribution in [0.2, 0.25) is 0 Å². The van der Waals surface area contributed by atoms with Crippen LogP contribution in [0.5, 0.6) is 0 Å². The molecule has 8 heteroatoms. The lowest BCUT2D eigenvalue weighted by Crippen LogP contribution is -2.41. The van der Waals surface area contributed by atoms with Gasteiger partial charge >= 0.3 is 11.9 Å². The number of fused-ring (bicyclic) bond motifs is 1. The Morgan fingerprint density at radius 3 is 2.27 bits per heavy atom. The first kappa shape index (κ1) is 17.3. The quantitative estimate of drug-likeness (QED) is 0.573. The van der Waals surface area contributed by atoms with Gasteiger partial charge in [0.1, 0.15) is 0 Å². The van der Waals surface area contributed by atoms with Gasteiger partial charge in [0.25, 0.3) is 0 Å². The molecular weight excluding hydrogens is 331 g/mol. The lowest BCUT2D eigenvalue weighted by molar-refractivity contribution is -0.140. The second-order valence-electron chi connectivity index (χ2n) is 5.12. The second-order valence-corrected chi connectivity index (χ2v) is 8.12. The molecule has 22 heavy (non-hydrogen) atoms. The zero-order chi connectivity index (χ0) is 16.7. The maximum Gasteiger partial charge on any atom is 0.335 e. The highest BCUT2D eigenvalue weighted by Crippen LogP contribution is 2.67. The topological polar surface area (TPSA) is 78.9 Å². The highest BCUT2D eigenvalue weighted by molar-refractivity contribution is 7.60. The normalized spacial score (nSPS) is 30.6. The van der Waals surface area contributed by atoms with Gasteiger partial charge in [-0.3, -0.25) is 4.57 Å². The van der Waals surface area contributed by atoms with Crippen LogP contribution in [-0.4, -0.2) is 44.6 Å². The summed E-state index contributed by atoms with van der Waals surface area (Å²) in [5.74, 6) is -2.03. The molecule has 0 saturated heterocycles. The largest absolute Gasteiger partial charge is 0.466 e. The molecule has 1 unspecified atom stereocenters. The van der Waals surface area contributed by atoms with Crippen LogP contribution in [0.25, 0.3) is 0 Å². The second kappa shape index (κ2) is 6.19. The SMILES string of the molecule is CCOP1(=O)C[C@@H]2C(Cl)=C(C)[C@H]1C(C(=O)OC)=C2C(=O)OC. The molecule has 3 aliphatic rings. The monoisotopic (exact) mass is 348 g/mol. The molecule has 2 bridgehead atoms. The molecule has 0 aromatic carbocycles. The summed E-state index contributed by atoms with van der Waals surface area (Å²) < 4.78 is 28.2. The molecule has 0 N–H and O–H groups in total. The summed E-state index contributed by atoms with van der Waals surface area (Å²) in [6.07, 6.45) is 0.0899. The molecule has 0 aromatic rings. The van der Waals surface area contributed by atoms with E-state index in [-0.39, 0.29) is 23.9 Å². The van der Waals surface area contributed by atoms with Crippen LogP contribution in [0, 0.1) is 5.92 Å². The van der Waals surface area contributed by atoms with Gasteiger partial charge in [0.05, 0.1) is 37.6 Å². The Bertz CT molecular complexity index is 635. The minimum absolute atomic E-state index is 0.0456. The third kappa shape index (κ3) is 2.43. The summed E-state index contributed by atoms with van der Waals surface area (Å²) in [7, 11) is -0.758. The van der Waals surface area contributed by atoms with Gasteiger partial charge in [-0.15, -0.1) is 0 Å². The van der Waals surface area contributed by atoms with E-state index >= 15 is 0 Å². The third-order valence-corrected chi connectivity index (χ3v) is 7.56. The van der Waals surface area contributed by atoms with Gasteiger partial charge in [-0.05, 0) is 19.4 Å². The number of esters is 2. The molecule has 1 aliphatic carbocycles. The lowest BCUT2D eigenvalue weighted by atomic mass is 9.83. The Morgan fingerprint density at radius 2 is 1.77 bits per heavy atom. The van der Waals surface area contributed by atoms with Crippen molar-refractivity contribution in [2.75, 3.05) is 27.0 Å². The third-order valence-electron chi connectivity index (χ3n) is 3.99. The molecule has 0 fully saturated rings. The van der Waals surface area contributed by atoms with Crippen molar-refractivity contribution in [3.8, 4) is 0 Å². The number of carbonyl (C=O) groups is 2. The number of allylic oxidation sites excluding steroid dienone is 2. The fourth-order valence-electron chi connectivity index (χ4n) is 3.15. The van der Waals surface area contributed by atoms with Crippen molar-refractivity contribution in [1.82, 2.24) is 0 Å².